The van der Waals surface area contributed by atoms with Gasteiger partial charge in [0.25, 0.3) is 0 Å². The van der Waals surface area contributed by atoms with Gasteiger partial charge in [0, 0.05) is 11.7 Å². The second-order valence-electron chi connectivity index (χ2n) is 5.57. The molecule has 1 aromatic rings. The fraction of sp³-hybridized carbons (Fsp3) is 0.533. The molecule has 0 radical (unpaired) electrons. The number of pyridine rings is 1. The van der Waals surface area contributed by atoms with Crippen molar-refractivity contribution in [3.63, 3.8) is 0 Å². The van der Waals surface area contributed by atoms with Gasteiger partial charge >= 0.3 is 12.0 Å². The third kappa shape index (κ3) is 4.18. The van der Waals surface area contributed by atoms with Crippen LogP contribution in [0.2, 0.25) is 0 Å². The zero-order chi connectivity index (χ0) is 15.4. The Morgan fingerprint density at radius 2 is 1.86 bits per heavy atom. The maximum atomic E-state index is 12.0. The average molecular weight is 291 g/mol. The second kappa shape index (κ2) is 6.56. The first-order valence-corrected chi connectivity index (χ1v) is 7.20. The summed E-state index contributed by atoms with van der Waals surface area (Å²) in [5.74, 6) is -1.01. The Hall–Kier alpha value is -2.11. The van der Waals surface area contributed by atoms with Gasteiger partial charge in [-0.15, -0.1) is 0 Å². The molecule has 0 saturated heterocycles. The van der Waals surface area contributed by atoms with E-state index in [2.05, 4.69) is 15.6 Å². The lowest BCUT2D eigenvalue weighted by Crippen LogP contribution is -2.41. The van der Waals surface area contributed by atoms with E-state index in [1.165, 1.54) is 0 Å². The maximum Gasteiger partial charge on any atom is 0.319 e. The second-order valence-corrected chi connectivity index (χ2v) is 5.57. The molecule has 1 aliphatic carbocycles. The van der Waals surface area contributed by atoms with Crippen molar-refractivity contribution in [3.05, 3.63) is 23.5 Å². The number of carbonyl (C=O) groups is 2. The first-order valence-electron chi connectivity index (χ1n) is 7.20. The number of nitrogens with zero attached hydrogens (tertiary/aromatic N) is 1. The summed E-state index contributed by atoms with van der Waals surface area (Å²) in [6.07, 6.45) is 2.64. The molecule has 6 nitrogen and oxygen atoms in total. The van der Waals surface area contributed by atoms with Gasteiger partial charge in [-0.2, -0.15) is 0 Å². The summed E-state index contributed by atoms with van der Waals surface area (Å²) >= 11 is 0. The highest BCUT2D eigenvalue weighted by molar-refractivity contribution is 5.90. The van der Waals surface area contributed by atoms with Crippen LogP contribution in [0.5, 0.6) is 0 Å². The van der Waals surface area contributed by atoms with Crippen LogP contribution < -0.4 is 10.6 Å². The molecule has 1 saturated carbocycles. The number of anilines is 1. The Morgan fingerprint density at radius 1 is 1.19 bits per heavy atom. The summed E-state index contributed by atoms with van der Waals surface area (Å²) in [5, 5.41) is 14.6. The number of carboxylic acids is 1. The molecule has 2 amide bonds. The smallest absolute Gasteiger partial charge is 0.319 e. The minimum absolute atomic E-state index is 0.0410. The van der Waals surface area contributed by atoms with Gasteiger partial charge in [0.2, 0.25) is 0 Å². The van der Waals surface area contributed by atoms with Crippen molar-refractivity contribution in [2.75, 3.05) is 5.32 Å². The summed E-state index contributed by atoms with van der Waals surface area (Å²) in [7, 11) is 0. The lowest BCUT2D eigenvalue weighted by molar-refractivity contribution is -0.142. The Labute approximate surface area is 124 Å². The molecule has 0 bridgehead atoms. The Balaban J connectivity index is 1.84. The first kappa shape index (κ1) is 15.3. The van der Waals surface area contributed by atoms with Crippen molar-refractivity contribution >= 4 is 17.7 Å². The summed E-state index contributed by atoms with van der Waals surface area (Å²) in [5.41, 5.74) is 2.38. The molecule has 1 fully saturated rings. The van der Waals surface area contributed by atoms with Gasteiger partial charge in [-0.3, -0.25) is 9.78 Å². The van der Waals surface area contributed by atoms with Crippen LogP contribution in [-0.4, -0.2) is 28.1 Å². The van der Waals surface area contributed by atoms with Gasteiger partial charge < -0.3 is 15.7 Å². The van der Waals surface area contributed by atoms with Gasteiger partial charge in [-0.1, -0.05) is 0 Å². The van der Waals surface area contributed by atoms with Gasteiger partial charge in [0.05, 0.1) is 17.3 Å². The van der Waals surface area contributed by atoms with E-state index in [0.717, 1.165) is 11.4 Å². The van der Waals surface area contributed by atoms with Gasteiger partial charge in [-0.25, -0.2) is 4.79 Å². The Bertz CT molecular complexity index is 537. The van der Waals surface area contributed by atoms with Crippen LogP contribution >= 0.6 is 0 Å². The molecular formula is C15H21N3O3. The van der Waals surface area contributed by atoms with Crippen LogP contribution in [-0.2, 0) is 4.79 Å². The quantitative estimate of drug-likeness (QED) is 0.797. The highest BCUT2D eigenvalue weighted by atomic mass is 16.4. The van der Waals surface area contributed by atoms with Crippen molar-refractivity contribution in [2.45, 2.75) is 45.6 Å². The number of carboxylic acid groups (broad SMARTS) is 1. The fourth-order valence-corrected chi connectivity index (χ4v) is 2.65. The summed E-state index contributed by atoms with van der Waals surface area (Å²) in [4.78, 5) is 27.1. The van der Waals surface area contributed by atoms with Crippen LogP contribution in [0.25, 0.3) is 0 Å². The number of urea groups is 1. The molecular weight excluding hydrogens is 270 g/mol. The first-order chi connectivity index (χ1) is 9.95. The van der Waals surface area contributed by atoms with Crippen LogP contribution in [0.1, 0.15) is 37.1 Å². The molecule has 3 N–H and O–H groups in total. The summed E-state index contributed by atoms with van der Waals surface area (Å²) in [6.45, 7) is 3.75. The largest absolute Gasteiger partial charge is 0.481 e. The third-order valence-corrected chi connectivity index (χ3v) is 3.88. The van der Waals surface area contributed by atoms with Crippen LogP contribution in [0.4, 0.5) is 10.5 Å². The Kier molecular flexibility index (Phi) is 4.77. The minimum atomic E-state index is -0.737. The third-order valence-electron chi connectivity index (χ3n) is 3.88. The zero-order valence-electron chi connectivity index (χ0n) is 12.3. The van der Waals surface area contributed by atoms with Gasteiger partial charge in [0.15, 0.2) is 0 Å². The molecule has 2 rings (SSSR count). The van der Waals surface area contributed by atoms with Crippen LogP contribution in [0.3, 0.4) is 0 Å². The molecule has 1 aliphatic rings. The fourth-order valence-electron chi connectivity index (χ4n) is 2.65. The van der Waals surface area contributed by atoms with Crippen molar-refractivity contribution in [1.82, 2.24) is 10.3 Å². The van der Waals surface area contributed by atoms with E-state index in [1.807, 2.05) is 26.0 Å². The number of nitrogens with one attached hydrogen (secondary N) is 2. The molecule has 0 spiro atoms. The van der Waals surface area contributed by atoms with E-state index in [1.54, 1.807) is 0 Å². The summed E-state index contributed by atoms with van der Waals surface area (Å²) < 4.78 is 0. The molecule has 0 aromatic carbocycles. The molecule has 0 aliphatic heterocycles. The van der Waals surface area contributed by atoms with E-state index in [0.29, 0.717) is 31.4 Å². The number of aryl methyl sites for hydroxylation is 2. The molecule has 1 heterocycles. The number of hydrogen-bond donors (Lipinski definition) is 3. The predicted octanol–water partition coefficient (Wildman–Crippen LogP) is 2.46. The van der Waals surface area contributed by atoms with Crippen LogP contribution in [0, 0.1) is 19.8 Å². The normalized spacial score (nSPS) is 21.6. The molecule has 1 aromatic heterocycles. The highest BCUT2D eigenvalue weighted by Crippen LogP contribution is 2.24. The molecule has 6 heteroatoms. The highest BCUT2D eigenvalue weighted by Gasteiger charge is 2.26. The zero-order valence-corrected chi connectivity index (χ0v) is 12.3. The number of aromatic nitrogens is 1. The molecule has 114 valence electrons. The monoisotopic (exact) mass is 291 g/mol. The number of rotatable bonds is 3. The standard InChI is InChI=1S/C15H21N3O3/c1-9-3-8-13(10(2)16-9)18-15(21)17-12-6-4-11(5-7-12)14(19)20/h3,8,11-12H,4-7H2,1-2H3,(H,19,20)(H2,17,18,21). The number of carbonyl (C=O) groups excluding carboxylic acids is 1. The molecule has 0 unspecified atom stereocenters. The molecule has 0 atom stereocenters. The van der Waals surface area contributed by atoms with E-state index in [4.69, 9.17) is 5.11 Å². The lowest BCUT2D eigenvalue weighted by atomic mass is 9.86. The minimum Gasteiger partial charge on any atom is -0.481 e. The van der Waals surface area contributed by atoms with Crippen molar-refractivity contribution in [1.29, 1.82) is 0 Å². The van der Waals surface area contributed by atoms with E-state index < -0.39 is 5.97 Å². The van der Waals surface area contributed by atoms with Crippen molar-refractivity contribution < 1.29 is 14.7 Å². The van der Waals surface area contributed by atoms with Gasteiger partial charge in [-0.05, 0) is 51.7 Å². The summed E-state index contributed by atoms with van der Waals surface area (Å²) in [6, 6.07) is 3.46. The number of aliphatic carboxylic acids is 1. The maximum absolute atomic E-state index is 12.0. The lowest BCUT2D eigenvalue weighted by Gasteiger charge is -2.26. The average Bonchev–Trinajstić information content (AvgIpc) is 2.42. The SMILES string of the molecule is Cc1ccc(NC(=O)NC2CCC(C(=O)O)CC2)c(C)n1. The Morgan fingerprint density at radius 3 is 2.43 bits per heavy atom. The van der Waals surface area contributed by atoms with Gasteiger partial charge in [0.1, 0.15) is 0 Å². The number of hydrogen-bond acceptors (Lipinski definition) is 3. The van der Waals surface area contributed by atoms with E-state index in [9.17, 15) is 9.59 Å². The predicted molar refractivity (Wildman–Crippen MR) is 79.2 cm³/mol. The van der Waals surface area contributed by atoms with E-state index >= 15 is 0 Å². The topological polar surface area (TPSA) is 91.3 Å². The van der Waals surface area contributed by atoms with E-state index in [-0.39, 0.29) is 18.0 Å². The number of amides is 2. The van der Waals surface area contributed by atoms with Crippen molar-refractivity contribution in [2.24, 2.45) is 5.92 Å². The molecule has 21 heavy (non-hydrogen) atoms. The van der Waals surface area contributed by atoms with Crippen LogP contribution in [0.15, 0.2) is 12.1 Å². The van der Waals surface area contributed by atoms with Crippen molar-refractivity contribution in [3.8, 4) is 0 Å².